The van der Waals surface area contributed by atoms with Crippen molar-refractivity contribution in [1.82, 2.24) is 10.2 Å². The van der Waals surface area contributed by atoms with Crippen LogP contribution in [-0.2, 0) is 0 Å². The number of nitrogens with zero attached hydrogens (tertiary/aromatic N) is 1. The van der Waals surface area contributed by atoms with Gasteiger partial charge in [-0.15, -0.1) is 0 Å². The van der Waals surface area contributed by atoms with Gasteiger partial charge in [0.2, 0.25) is 0 Å². The lowest BCUT2D eigenvalue weighted by Gasteiger charge is -2.29. The van der Waals surface area contributed by atoms with Gasteiger partial charge in [0.05, 0.1) is 0 Å². The molecule has 4 heteroatoms. The summed E-state index contributed by atoms with van der Waals surface area (Å²) in [4.78, 5) is 14.8. The fraction of sp³-hybridized carbons (Fsp3) is 0.533. The standard InChI is InChI=1S/C15H21BrN2O/c1-3-9-18(12-7-8-17-10-12)15(19)13-5-4-6-14(16)11(13)2/h4-6,12,17H,3,7-10H2,1-2H3. The Labute approximate surface area is 123 Å². The van der Waals surface area contributed by atoms with Crippen LogP contribution in [0, 0.1) is 6.92 Å². The van der Waals surface area contributed by atoms with E-state index in [0.29, 0.717) is 6.04 Å². The number of hydrogen-bond acceptors (Lipinski definition) is 2. The van der Waals surface area contributed by atoms with E-state index in [1.54, 1.807) is 0 Å². The van der Waals surface area contributed by atoms with E-state index in [0.717, 1.165) is 48.1 Å². The lowest BCUT2D eigenvalue weighted by molar-refractivity contribution is 0.0691. The maximum atomic E-state index is 12.8. The third kappa shape index (κ3) is 3.18. The molecule has 1 aromatic rings. The van der Waals surface area contributed by atoms with Crippen LogP contribution in [0.2, 0.25) is 0 Å². The van der Waals surface area contributed by atoms with Crippen molar-refractivity contribution in [3.63, 3.8) is 0 Å². The van der Waals surface area contributed by atoms with Crippen LogP contribution in [0.4, 0.5) is 0 Å². The minimum absolute atomic E-state index is 0.161. The fourth-order valence-corrected chi connectivity index (χ4v) is 2.96. The van der Waals surface area contributed by atoms with Crippen LogP contribution >= 0.6 is 15.9 Å². The normalized spacial score (nSPS) is 18.6. The molecule has 1 N–H and O–H groups in total. The van der Waals surface area contributed by atoms with Crippen molar-refractivity contribution in [3.05, 3.63) is 33.8 Å². The van der Waals surface area contributed by atoms with Crippen molar-refractivity contribution < 1.29 is 4.79 Å². The second kappa shape index (κ2) is 6.53. The highest BCUT2D eigenvalue weighted by atomic mass is 79.9. The summed E-state index contributed by atoms with van der Waals surface area (Å²) in [6.45, 7) is 6.87. The van der Waals surface area contributed by atoms with Gasteiger partial charge in [-0.25, -0.2) is 0 Å². The highest BCUT2D eigenvalue weighted by Crippen LogP contribution is 2.22. The molecule has 1 aromatic carbocycles. The topological polar surface area (TPSA) is 32.3 Å². The highest BCUT2D eigenvalue weighted by molar-refractivity contribution is 9.10. The first-order chi connectivity index (χ1) is 9.15. The maximum absolute atomic E-state index is 12.8. The van der Waals surface area contributed by atoms with Gasteiger partial charge in [0.25, 0.3) is 5.91 Å². The Morgan fingerprint density at radius 2 is 2.32 bits per heavy atom. The summed E-state index contributed by atoms with van der Waals surface area (Å²) in [6, 6.07) is 6.17. The molecule has 0 radical (unpaired) electrons. The van der Waals surface area contributed by atoms with E-state index in [9.17, 15) is 4.79 Å². The lowest BCUT2D eigenvalue weighted by Crippen LogP contribution is -2.42. The van der Waals surface area contributed by atoms with E-state index in [-0.39, 0.29) is 5.91 Å². The molecular weight excluding hydrogens is 304 g/mol. The Bertz CT molecular complexity index is 455. The van der Waals surface area contributed by atoms with Crippen LogP contribution in [0.5, 0.6) is 0 Å². The molecule has 3 nitrogen and oxygen atoms in total. The maximum Gasteiger partial charge on any atom is 0.254 e. The molecule has 1 amide bonds. The SMILES string of the molecule is CCCN(C(=O)c1cccc(Br)c1C)C1CCNC1. The van der Waals surface area contributed by atoms with Crippen LogP contribution < -0.4 is 5.32 Å². The number of rotatable bonds is 4. The zero-order valence-electron chi connectivity index (χ0n) is 11.6. The molecule has 1 aliphatic heterocycles. The molecule has 19 heavy (non-hydrogen) atoms. The predicted octanol–water partition coefficient (Wildman–Crippen LogP) is 2.97. The summed E-state index contributed by atoms with van der Waals surface area (Å²) in [5.74, 6) is 0.161. The molecule has 1 heterocycles. The first kappa shape index (κ1) is 14.5. The monoisotopic (exact) mass is 324 g/mol. The van der Waals surface area contributed by atoms with E-state index >= 15 is 0 Å². The van der Waals surface area contributed by atoms with E-state index in [2.05, 4.69) is 28.2 Å². The number of hydrogen-bond donors (Lipinski definition) is 1. The van der Waals surface area contributed by atoms with Crippen molar-refractivity contribution in [3.8, 4) is 0 Å². The Hall–Kier alpha value is -0.870. The summed E-state index contributed by atoms with van der Waals surface area (Å²) in [5, 5.41) is 3.34. The second-order valence-electron chi connectivity index (χ2n) is 5.06. The average molecular weight is 325 g/mol. The number of carbonyl (C=O) groups is 1. The van der Waals surface area contributed by atoms with E-state index in [1.807, 2.05) is 30.0 Å². The Kier molecular flexibility index (Phi) is 4.99. The Balaban J connectivity index is 2.25. The predicted molar refractivity (Wildman–Crippen MR) is 81.5 cm³/mol. The third-order valence-electron chi connectivity index (χ3n) is 3.70. The molecule has 1 atom stereocenters. The molecule has 1 aliphatic rings. The molecule has 1 unspecified atom stereocenters. The zero-order chi connectivity index (χ0) is 13.8. The van der Waals surface area contributed by atoms with E-state index in [1.165, 1.54) is 0 Å². The molecule has 0 aliphatic carbocycles. The molecule has 0 saturated carbocycles. The zero-order valence-corrected chi connectivity index (χ0v) is 13.2. The van der Waals surface area contributed by atoms with Crippen molar-refractivity contribution in [2.75, 3.05) is 19.6 Å². The molecule has 1 fully saturated rings. The van der Waals surface area contributed by atoms with Gasteiger partial charge < -0.3 is 10.2 Å². The average Bonchev–Trinajstić information content (AvgIpc) is 2.92. The lowest BCUT2D eigenvalue weighted by atomic mass is 10.1. The van der Waals surface area contributed by atoms with Gasteiger partial charge in [-0.1, -0.05) is 28.9 Å². The summed E-state index contributed by atoms with van der Waals surface area (Å²) in [6.07, 6.45) is 2.05. The minimum Gasteiger partial charge on any atom is -0.334 e. The summed E-state index contributed by atoms with van der Waals surface area (Å²) in [5.41, 5.74) is 1.84. The second-order valence-corrected chi connectivity index (χ2v) is 5.91. The Morgan fingerprint density at radius 3 is 2.95 bits per heavy atom. The van der Waals surface area contributed by atoms with E-state index < -0.39 is 0 Å². The molecular formula is C15H21BrN2O. The van der Waals surface area contributed by atoms with Gasteiger partial charge in [-0.05, 0) is 44.0 Å². The van der Waals surface area contributed by atoms with Gasteiger partial charge in [0, 0.05) is 29.2 Å². The minimum atomic E-state index is 0.161. The van der Waals surface area contributed by atoms with Crippen molar-refractivity contribution in [2.45, 2.75) is 32.7 Å². The highest BCUT2D eigenvalue weighted by Gasteiger charge is 2.27. The quantitative estimate of drug-likeness (QED) is 0.923. The van der Waals surface area contributed by atoms with Gasteiger partial charge in [-0.2, -0.15) is 0 Å². The molecule has 2 rings (SSSR count). The van der Waals surface area contributed by atoms with Crippen LogP contribution in [0.3, 0.4) is 0 Å². The number of nitrogens with one attached hydrogen (secondary N) is 1. The van der Waals surface area contributed by atoms with Crippen molar-refractivity contribution >= 4 is 21.8 Å². The molecule has 0 spiro atoms. The van der Waals surface area contributed by atoms with Gasteiger partial charge >= 0.3 is 0 Å². The van der Waals surface area contributed by atoms with Gasteiger partial charge in [-0.3, -0.25) is 4.79 Å². The number of halogens is 1. The van der Waals surface area contributed by atoms with Gasteiger partial charge in [0.15, 0.2) is 0 Å². The van der Waals surface area contributed by atoms with E-state index in [4.69, 9.17) is 0 Å². The number of carbonyl (C=O) groups excluding carboxylic acids is 1. The third-order valence-corrected chi connectivity index (χ3v) is 4.56. The van der Waals surface area contributed by atoms with Crippen LogP contribution in [0.1, 0.15) is 35.7 Å². The van der Waals surface area contributed by atoms with Crippen molar-refractivity contribution in [1.29, 1.82) is 0 Å². The molecule has 0 aromatic heterocycles. The summed E-state index contributed by atoms with van der Waals surface area (Å²) in [7, 11) is 0. The fourth-order valence-electron chi connectivity index (χ4n) is 2.59. The van der Waals surface area contributed by atoms with Crippen LogP contribution in [0.25, 0.3) is 0 Å². The summed E-state index contributed by atoms with van der Waals surface area (Å²) < 4.78 is 0.999. The number of benzene rings is 1. The number of amides is 1. The largest absolute Gasteiger partial charge is 0.334 e. The van der Waals surface area contributed by atoms with Crippen LogP contribution in [-0.4, -0.2) is 36.5 Å². The smallest absolute Gasteiger partial charge is 0.254 e. The first-order valence-electron chi connectivity index (χ1n) is 6.92. The molecule has 0 bridgehead atoms. The summed E-state index contributed by atoms with van der Waals surface area (Å²) >= 11 is 3.50. The van der Waals surface area contributed by atoms with Gasteiger partial charge in [0.1, 0.15) is 0 Å². The van der Waals surface area contributed by atoms with Crippen LogP contribution in [0.15, 0.2) is 22.7 Å². The first-order valence-corrected chi connectivity index (χ1v) is 7.71. The molecule has 1 saturated heterocycles. The molecule has 104 valence electrons. The van der Waals surface area contributed by atoms with Crippen molar-refractivity contribution in [2.24, 2.45) is 0 Å². The Morgan fingerprint density at radius 1 is 1.53 bits per heavy atom.